The van der Waals surface area contributed by atoms with E-state index in [9.17, 15) is 8.42 Å². The van der Waals surface area contributed by atoms with E-state index in [-0.39, 0.29) is 10.9 Å². The first-order chi connectivity index (χ1) is 8.95. The fourth-order valence-corrected chi connectivity index (χ4v) is 4.08. The van der Waals surface area contributed by atoms with Crippen molar-refractivity contribution in [1.29, 1.82) is 0 Å². The van der Waals surface area contributed by atoms with Gasteiger partial charge in [-0.05, 0) is 44.5 Å². The molecule has 2 rings (SSSR count). The van der Waals surface area contributed by atoms with Gasteiger partial charge in [0.05, 0.1) is 4.90 Å². The Labute approximate surface area is 119 Å². The van der Waals surface area contributed by atoms with Crippen molar-refractivity contribution in [3.8, 4) is 0 Å². The lowest BCUT2D eigenvalue weighted by atomic mass is 10.1. The quantitative estimate of drug-likeness (QED) is 0.929. The number of piperidine rings is 1. The molecule has 0 spiro atoms. The maximum atomic E-state index is 12.6. The molecule has 0 radical (unpaired) electrons. The molecule has 0 aromatic heterocycles. The monoisotopic (exact) mass is 302 g/mol. The minimum Gasteiger partial charge on any atom is -0.316 e. The van der Waals surface area contributed by atoms with Crippen molar-refractivity contribution < 1.29 is 8.42 Å². The maximum Gasteiger partial charge on any atom is 0.243 e. The van der Waals surface area contributed by atoms with Gasteiger partial charge < -0.3 is 5.32 Å². The second kappa shape index (κ2) is 5.79. The summed E-state index contributed by atoms with van der Waals surface area (Å²) in [6, 6.07) is 5.13. The third-order valence-electron chi connectivity index (χ3n) is 3.57. The van der Waals surface area contributed by atoms with Gasteiger partial charge in [0, 0.05) is 24.2 Å². The summed E-state index contributed by atoms with van der Waals surface area (Å²) >= 11 is 6.02. The van der Waals surface area contributed by atoms with E-state index in [2.05, 4.69) is 5.32 Å². The lowest BCUT2D eigenvalue weighted by Gasteiger charge is -2.31. The van der Waals surface area contributed by atoms with Crippen LogP contribution in [0.5, 0.6) is 0 Å². The van der Waals surface area contributed by atoms with Gasteiger partial charge in [0.1, 0.15) is 0 Å². The van der Waals surface area contributed by atoms with Gasteiger partial charge >= 0.3 is 0 Å². The Kier molecular flexibility index (Phi) is 4.50. The molecule has 0 bridgehead atoms. The third-order valence-corrected chi connectivity index (χ3v) is 5.84. The zero-order valence-corrected chi connectivity index (χ0v) is 12.8. The predicted octanol–water partition coefficient (Wildman–Crippen LogP) is 2.02. The molecule has 0 saturated carbocycles. The van der Waals surface area contributed by atoms with Crippen LogP contribution < -0.4 is 5.32 Å². The number of hydrogen-bond donors (Lipinski definition) is 1. The number of sulfonamides is 1. The first-order valence-corrected chi connectivity index (χ1v) is 8.20. The normalized spacial score (nSPS) is 21.5. The molecule has 1 unspecified atom stereocenters. The lowest BCUT2D eigenvalue weighted by Crippen LogP contribution is -2.46. The molecule has 106 valence electrons. The summed E-state index contributed by atoms with van der Waals surface area (Å²) in [5.74, 6) is 0. The van der Waals surface area contributed by atoms with E-state index in [0.29, 0.717) is 18.1 Å². The molecule has 19 heavy (non-hydrogen) atoms. The number of aryl methyl sites for hydroxylation is 1. The second-order valence-electron chi connectivity index (χ2n) is 4.90. The summed E-state index contributed by atoms with van der Waals surface area (Å²) in [5.41, 5.74) is 0.882. The summed E-state index contributed by atoms with van der Waals surface area (Å²) in [4.78, 5) is 0.278. The van der Waals surface area contributed by atoms with Crippen molar-refractivity contribution in [2.75, 3.05) is 20.1 Å². The van der Waals surface area contributed by atoms with Gasteiger partial charge in [-0.25, -0.2) is 8.42 Å². The minimum absolute atomic E-state index is 0.226. The number of nitrogens with zero attached hydrogens (tertiary/aromatic N) is 1. The topological polar surface area (TPSA) is 49.4 Å². The van der Waals surface area contributed by atoms with Gasteiger partial charge in [-0.1, -0.05) is 17.7 Å². The van der Waals surface area contributed by atoms with Crippen LogP contribution in [0.2, 0.25) is 5.02 Å². The van der Waals surface area contributed by atoms with Gasteiger partial charge in [0.15, 0.2) is 0 Å². The summed E-state index contributed by atoms with van der Waals surface area (Å²) in [6.45, 7) is 2.95. The predicted molar refractivity (Wildman–Crippen MR) is 77.0 cm³/mol. The first kappa shape index (κ1) is 14.8. The number of nitrogens with one attached hydrogen (secondary N) is 1. The van der Waals surface area contributed by atoms with Crippen LogP contribution in [0.3, 0.4) is 0 Å². The zero-order valence-electron chi connectivity index (χ0n) is 11.2. The minimum atomic E-state index is -3.44. The summed E-state index contributed by atoms with van der Waals surface area (Å²) in [7, 11) is -1.57. The van der Waals surface area contributed by atoms with Crippen LogP contribution in [0.25, 0.3) is 0 Å². The van der Waals surface area contributed by atoms with Crippen LogP contribution in [-0.4, -0.2) is 38.9 Å². The Morgan fingerprint density at radius 1 is 1.42 bits per heavy atom. The Balaban J connectivity index is 2.28. The maximum absolute atomic E-state index is 12.6. The van der Waals surface area contributed by atoms with E-state index < -0.39 is 10.0 Å². The molecule has 0 amide bonds. The number of hydrogen-bond acceptors (Lipinski definition) is 3. The highest BCUT2D eigenvalue weighted by molar-refractivity contribution is 7.89. The molecule has 4 nitrogen and oxygen atoms in total. The largest absolute Gasteiger partial charge is 0.316 e. The van der Waals surface area contributed by atoms with Crippen LogP contribution in [0, 0.1) is 6.92 Å². The molecular weight excluding hydrogens is 284 g/mol. The number of benzene rings is 1. The van der Waals surface area contributed by atoms with Crippen LogP contribution >= 0.6 is 11.6 Å². The molecule has 1 aromatic carbocycles. The zero-order chi connectivity index (χ0) is 14.0. The van der Waals surface area contributed by atoms with Gasteiger partial charge in [0.2, 0.25) is 10.0 Å². The van der Waals surface area contributed by atoms with Crippen molar-refractivity contribution in [2.24, 2.45) is 0 Å². The molecule has 1 saturated heterocycles. The average Bonchev–Trinajstić information content (AvgIpc) is 2.41. The van der Waals surface area contributed by atoms with Crippen LogP contribution in [-0.2, 0) is 10.0 Å². The smallest absolute Gasteiger partial charge is 0.243 e. The molecule has 1 fully saturated rings. The van der Waals surface area contributed by atoms with Crippen molar-refractivity contribution in [1.82, 2.24) is 9.62 Å². The summed E-state index contributed by atoms with van der Waals surface area (Å²) in [6.07, 6.45) is 1.89. The second-order valence-corrected chi connectivity index (χ2v) is 7.25. The van der Waals surface area contributed by atoms with E-state index in [1.54, 1.807) is 16.4 Å². The molecule has 0 aliphatic carbocycles. The highest BCUT2D eigenvalue weighted by atomic mass is 35.5. The Hall–Kier alpha value is -0.620. The number of rotatable bonds is 3. The number of likely N-dealkylation sites (N-methyl/N-ethyl adjacent to an activating group) is 1. The summed E-state index contributed by atoms with van der Waals surface area (Å²) in [5, 5.41) is 3.63. The van der Waals surface area contributed by atoms with Gasteiger partial charge in [-0.3, -0.25) is 0 Å². The van der Waals surface area contributed by atoms with Crippen molar-refractivity contribution in [3.63, 3.8) is 0 Å². The van der Waals surface area contributed by atoms with Gasteiger partial charge in [0.25, 0.3) is 0 Å². The Bertz CT molecular complexity index is 560. The fourth-order valence-electron chi connectivity index (χ4n) is 2.28. The lowest BCUT2D eigenvalue weighted by molar-refractivity contribution is 0.293. The Morgan fingerprint density at radius 2 is 2.16 bits per heavy atom. The van der Waals surface area contributed by atoms with E-state index in [1.165, 1.54) is 6.07 Å². The standard InChI is InChI=1S/C13H19ClN2O2S/c1-10-5-6-12(8-13(10)14)19(17,18)16-7-3-4-11(9-16)15-2/h5-6,8,11,15H,3-4,7,9H2,1-2H3. The molecule has 1 aliphatic heterocycles. The number of halogens is 1. The average molecular weight is 303 g/mol. The molecule has 1 atom stereocenters. The van der Waals surface area contributed by atoms with E-state index in [4.69, 9.17) is 11.6 Å². The van der Waals surface area contributed by atoms with Crippen molar-refractivity contribution in [3.05, 3.63) is 28.8 Å². The van der Waals surface area contributed by atoms with Gasteiger partial charge in [-0.2, -0.15) is 4.31 Å². The summed E-state index contributed by atoms with van der Waals surface area (Å²) < 4.78 is 26.6. The molecule has 6 heteroatoms. The highest BCUT2D eigenvalue weighted by Crippen LogP contribution is 2.24. The third kappa shape index (κ3) is 3.11. The highest BCUT2D eigenvalue weighted by Gasteiger charge is 2.29. The van der Waals surface area contributed by atoms with E-state index in [0.717, 1.165) is 18.4 Å². The molecule has 1 heterocycles. The SMILES string of the molecule is CNC1CCCN(S(=O)(=O)c2ccc(C)c(Cl)c2)C1. The fraction of sp³-hybridized carbons (Fsp3) is 0.538. The van der Waals surface area contributed by atoms with Crippen LogP contribution in [0.4, 0.5) is 0 Å². The van der Waals surface area contributed by atoms with E-state index in [1.807, 2.05) is 14.0 Å². The molecule has 1 aliphatic rings. The van der Waals surface area contributed by atoms with Gasteiger partial charge in [-0.15, -0.1) is 0 Å². The molecular formula is C13H19ClN2O2S. The van der Waals surface area contributed by atoms with Crippen LogP contribution in [0.1, 0.15) is 18.4 Å². The molecule has 1 N–H and O–H groups in total. The van der Waals surface area contributed by atoms with Crippen molar-refractivity contribution >= 4 is 21.6 Å². The molecule has 1 aromatic rings. The van der Waals surface area contributed by atoms with Crippen LogP contribution in [0.15, 0.2) is 23.1 Å². The Morgan fingerprint density at radius 3 is 2.79 bits per heavy atom. The first-order valence-electron chi connectivity index (χ1n) is 6.38. The van der Waals surface area contributed by atoms with E-state index >= 15 is 0 Å². The van der Waals surface area contributed by atoms with Crippen molar-refractivity contribution in [2.45, 2.75) is 30.7 Å².